The molecule has 84 valence electrons. The van der Waals surface area contributed by atoms with Crippen LogP contribution in [-0.4, -0.2) is 31.1 Å². The minimum Gasteiger partial charge on any atom is -0.364 e. The number of carbonyl (C=O) groups excluding carboxylic acids is 1. The lowest BCUT2D eigenvalue weighted by Crippen LogP contribution is -2.10. The second-order valence-corrected chi connectivity index (χ2v) is 3.54. The third-order valence-electron chi connectivity index (χ3n) is 2.41. The highest BCUT2D eigenvalue weighted by molar-refractivity contribution is 5.92. The number of carbonyl (C=O) groups is 1. The molecule has 0 aliphatic carbocycles. The molecule has 0 aliphatic rings. The number of aromatic amines is 2. The first-order chi connectivity index (χ1) is 8.24. The predicted molar refractivity (Wildman–Crippen MR) is 60.0 cm³/mol. The van der Waals surface area contributed by atoms with E-state index in [0.717, 1.165) is 16.7 Å². The first-order valence-corrected chi connectivity index (χ1v) is 4.88. The summed E-state index contributed by atoms with van der Waals surface area (Å²) in [4.78, 5) is 22.0. The van der Waals surface area contributed by atoms with Gasteiger partial charge in [-0.3, -0.25) is 9.89 Å². The zero-order chi connectivity index (χ0) is 11.8. The molecule has 3 rings (SSSR count). The highest BCUT2D eigenvalue weighted by Gasteiger charge is 2.10. The molecule has 3 aromatic heterocycles. The van der Waals surface area contributed by atoms with Gasteiger partial charge in [-0.05, 0) is 12.1 Å². The molecule has 0 unspecified atom stereocenters. The van der Waals surface area contributed by atoms with Crippen molar-refractivity contribution in [3.8, 4) is 11.4 Å². The van der Waals surface area contributed by atoms with Gasteiger partial charge in [0, 0.05) is 11.6 Å². The normalized spacial score (nSPS) is 10.8. The minimum atomic E-state index is -0.542. The van der Waals surface area contributed by atoms with Crippen LogP contribution in [0.2, 0.25) is 0 Å². The van der Waals surface area contributed by atoms with Crippen molar-refractivity contribution in [2.24, 2.45) is 5.73 Å². The number of H-pyrrole nitrogens is 2. The Bertz CT molecular complexity index is 664. The van der Waals surface area contributed by atoms with Crippen molar-refractivity contribution in [3.63, 3.8) is 0 Å². The van der Waals surface area contributed by atoms with Gasteiger partial charge in [0.1, 0.15) is 23.4 Å². The molecule has 0 aliphatic heterocycles. The highest BCUT2D eigenvalue weighted by atomic mass is 16.1. The van der Waals surface area contributed by atoms with E-state index in [4.69, 9.17) is 5.73 Å². The lowest BCUT2D eigenvalue weighted by Gasteiger charge is -1.87. The van der Waals surface area contributed by atoms with Crippen molar-refractivity contribution in [1.29, 1.82) is 0 Å². The maximum Gasteiger partial charge on any atom is 0.266 e. The molecule has 17 heavy (non-hydrogen) atoms. The van der Waals surface area contributed by atoms with Crippen molar-refractivity contribution < 1.29 is 4.79 Å². The Morgan fingerprint density at radius 1 is 1.35 bits per heavy atom. The quantitative estimate of drug-likeness (QED) is 0.590. The molecule has 0 fully saturated rings. The number of primary amides is 1. The Kier molecular flexibility index (Phi) is 1.91. The molecule has 0 spiro atoms. The van der Waals surface area contributed by atoms with Crippen molar-refractivity contribution >= 4 is 16.9 Å². The van der Waals surface area contributed by atoms with Crippen LogP contribution in [0.25, 0.3) is 22.4 Å². The summed E-state index contributed by atoms with van der Waals surface area (Å²) >= 11 is 0. The SMILES string of the molecule is NC(=O)c1cc(-c2cc3cncnc3[nH]2)n[nH]1. The number of hydrogen-bond acceptors (Lipinski definition) is 4. The van der Waals surface area contributed by atoms with Gasteiger partial charge in [0.05, 0.1) is 5.69 Å². The van der Waals surface area contributed by atoms with Gasteiger partial charge in [-0.2, -0.15) is 5.10 Å². The van der Waals surface area contributed by atoms with E-state index in [9.17, 15) is 4.79 Å². The molecule has 0 atom stereocenters. The summed E-state index contributed by atoms with van der Waals surface area (Å²) in [5.74, 6) is -0.542. The molecule has 0 aromatic carbocycles. The van der Waals surface area contributed by atoms with Gasteiger partial charge >= 0.3 is 0 Å². The summed E-state index contributed by atoms with van der Waals surface area (Å²) in [5, 5.41) is 7.45. The van der Waals surface area contributed by atoms with Crippen molar-refractivity contribution in [2.45, 2.75) is 0 Å². The smallest absolute Gasteiger partial charge is 0.266 e. The van der Waals surface area contributed by atoms with Crippen LogP contribution in [0.1, 0.15) is 10.5 Å². The topological polar surface area (TPSA) is 113 Å². The summed E-state index contributed by atoms with van der Waals surface area (Å²) in [6.07, 6.45) is 3.16. The molecule has 0 saturated heterocycles. The number of nitrogens with two attached hydrogens (primary N) is 1. The standard InChI is InChI=1S/C10H8N6O/c11-9(17)8-2-7(15-16-8)6-1-5-3-12-4-13-10(5)14-6/h1-4H,(H2,11,17)(H,15,16)(H,12,13,14). The number of fused-ring (bicyclic) bond motifs is 1. The fourth-order valence-corrected chi connectivity index (χ4v) is 1.59. The van der Waals surface area contributed by atoms with E-state index in [1.165, 1.54) is 6.33 Å². The second-order valence-electron chi connectivity index (χ2n) is 3.54. The predicted octanol–water partition coefficient (Wildman–Crippen LogP) is 0.447. The summed E-state index contributed by atoms with van der Waals surface area (Å²) < 4.78 is 0. The van der Waals surface area contributed by atoms with E-state index >= 15 is 0 Å². The van der Waals surface area contributed by atoms with Gasteiger partial charge < -0.3 is 10.7 Å². The number of rotatable bonds is 2. The van der Waals surface area contributed by atoms with Crippen LogP contribution in [0, 0.1) is 0 Å². The van der Waals surface area contributed by atoms with Crippen LogP contribution >= 0.6 is 0 Å². The van der Waals surface area contributed by atoms with Crippen molar-refractivity contribution in [1.82, 2.24) is 25.1 Å². The molecule has 3 heterocycles. The van der Waals surface area contributed by atoms with E-state index in [1.54, 1.807) is 12.3 Å². The average molecular weight is 228 g/mol. The number of amides is 1. The van der Waals surface area contributed by atoms with E-state index in [2.05, 4.69) is 25.1 Å². The van der Waals surface area contributed by atoms with E-state index in [0.29, 0.717) is 5.69 Å². The molecule has 7 heteroatoms. The van der Waals surface area contributed by atoms with E-state index in [-0.39, 0.29) is 5.69 Å². The number of nitrogens with zero attached hydrogens (tertiary/aromatic N) is 3. The van der Waals surface area contributed by atoms with Crippen LogP contribution < -0.4 is 5.73 Å². The van der Waals surface area contributed by atoms with Crippen molar-refractivity contribution in [2.75, 3.05) is 0 Å². The first kappa shape index (κ1) is 9.52. The first-order valence-electron chi connectivity index (χ1n) is 4.88. The highest BCUT2D eigenvalue weighted by Crippen LogP contribution is 2.20. The van der Waals surface area contributed by atoms with E-state index < -0.39 is 5.91 Å². The summed E-state index contributed by atoms with van der Waals surface area (Å²) in [6.45, 7) is 0. The molecule has 0 radical (unpaired) electrons. The zero-order valence-electron chi connectivity index (χ0n) is 8.64. The van der Waals surface area contributed by atoms with Gasteiger partial charge in [-0.25, -0.2) is 9.97 Å². The minimum absolute atomic E-state index is 0.268. The lowest BCUT2D eigenvalue weighted by molar-refractivity contribution is 0.0995. The number of nitrogens with one attached hydrogen (secondary N) is 2. The van der Waals surface area contributed by atoms with Crippen LogP contribution in [0.15, 0.2) is 24.7 Å². The molecular formula is C10H8N6O. The fraction of sp³-hybridized carbons (Fsp3) is 0. The lowest BCUT2D eigenvalue weighted by atomic mass is 10.2. The van der Waals surface area contributed by atoms with Gasteiger partial charge in [0.15, 0.2) is 0 Å². The summed E-state index contributed by atoms with van der Waals surface area (Å²) in [6, 6.07) is 3.44. The molecule has 0 bridgehead atoms. The Labute approximate surface area is 95.1 Å². The van der Waals surface area contributed by atoms with Gasteiger partial charge in [-0.1, -0.05) is 0 Å². The third-order valence-corrected chi connectivity index (χ3v) is 2.41. The largest absolute Gasteiger partial charge is 0.364 e. The van der Waals surface area contributed by atoms with Gasteiger partial charge in [0.2, 0.25) is 0 Å². The zero-order valence-corrected chi connectivity index (χ0v) is 8.64. The summed E-state index contributed by atoms with van der Waals surface area (Å²) in [5.41, 5.74) is 7.49. The molecular weight excluding hydrogens is 220 g/mol. The van der Waals surface area contributed by atoms with Crippen LogP contribution in [-0.2, 0) is 0 Å². The Hall–Kier alpha value is -2.70. The Balaban J connectivity index is 2.10. The van der Waals surface area contributed by atoms with Crippen LogP contribution in [0.4, 0.5) is 0 Å². The Morgan fingerprint density at radius 2 is 2.24 bits per heavy atom. The van der Waals surface area contributed by atoms with Gasteiger partial charge in [0.25, 0.3) is 5.91 Å². The average Bonchev–Trinajstić information content (AvgIpc) is 2.95. The molecule has 0 saturated carbocycles. The summed E-state index contributed by atoms with van der Waals surface area (Å²) in [7, 11) is 0. The Morgan fingerprint density at radius 3 is 2.94 bits per heavy atom. The van der Waals surface area contributed by atoms with E-state index in [1.807, 2.05) is 6.07 Å². The molecule has 7 nitrogen and oxygen atoms in total. The monoisotopic (exact) mass is 228 g/mol. The molecule has 1 amide bonds. The van der Waals surface area contributed by atoms with Crippen LogP contribution in [0.3, 0.4) is 0 Å². The maximum atomic E-state index is 10.9. The molecule has 4 N–H and O–H groups in total. The van der Waals surface area contributed by atoms with Gasteiger partial charge in [-0.15, -0.1) is 0 Å². The maximum absolute atomic E-state index is 10.9. The molecule has 3 aromatic rings. The number of hydrogen-bond donors (Lipinski definition) is 3. The second kappa shape index (κ2) is 3.41. The number of aromatic nitrogens is 5. The fourth-order valence-electron chi connectivity index (χ4n) is 1.59. The van der Waals surface area contributed by atoms with Crippen molar-refractivity contribution in [3.05, 3.63) is 30.4 Å². The third kappa shape index (κ3) is 1.53. The van der Waals surface area contributed by atoms with Crippen LogP contribution in [0.5, 0.6) is 0 Å².